The van der Waals surface area contributed by atoms with E-state index in [2.05, 4.69) is 0 Å². The maximum atomic E-state index is 13.3. The van der Waals surface area contributed by atoms with Crippen molar-refractivity contribution < 1.29 is 37.0 Å². The SMILES string of the molecule is CC(C)(C)OC(=O)C(C(=O)c1ccc2c(c1CS(C)(=O)=O)OCO2)C(=O)C1CC1. The second-order valence-electron chi connectivity index (χ2n) is 8.40. The van der Waals surface area contributed by atoms with Gasteiger partial charge in [-0.3, -0.25) is 14.4 Å². The van der Waals surface area contributed by atoms with Gasteiger partial charge in [-0.25, -0.2) is 8.42 Å². The van der Waals surface area contributed by atoms with Gasteiger partial charge in [-0.2, -0.15) is 0 Å². The first-order valence-electron chi connectivity index (χ1n) is 9.27. The Morgan fingerprint density at radius 2 is 1.83 bits per heavy atom. The fourth-order valence-electron chi connectivity index (χ4n) is 3.14. The molecule has 1 aromatic carbocycles. The topological polar surface area (TPSA) is 113 Å². The summed E-state index contributed by atoms with van der Waals surface area (Å²) in [4.78, 5) is 38.9. The molecule has 0 amide bonds. The zero-order valence-corrected chi connectivity index (χ0v) is 17.6. The predicted octanol–water partition coefficient (Wildman–Crippen LogP) is 2.08. The lowest BCUT2D eigenvalue weighted by atomic mass is 9.88. The van der Waals surface area contributed by atoms with Crippen LogP contribution in [0.2, 0.25) is 0 Å². The highest BCUT2D eigenvalue weighted by Gasteiger charge is 2.45. The van der Waals surface area contributed by atoms with Gasteiger partial charge in [-0.15, -0.1) is 0 Å². The van der Waals surface area contributed by atoms with Gasteiger partial charge in [0.15, 0.2) is 38.8 Å². The lowest BCUT2D eigenvalue weighted by molar-refractivity contribution is -0.160. The van der Waals surface area contributed by atoms with Gasteiger partial charge in [-0.1, -0.05) is 0 Å². The van der Waals surface area contributed by atoms with E-state index in [0.29, 0.717) is 18.6 Å². The Morgan fingerprint density at radius 3 is 2.38 bits per heavy atom. The van der Waals surface area contributed by atoms with Crippen LogP contribution in [0.25, 0.3) is 0 Å². The van der Waals surface area contributed by atoms with Crippen molar-refractivity contribution in [2.75, 3.05) is 13.0 Å². The number of fused-ring (bicyclic) bond motifs is 1. The number of rotatable bonds is 7. The molecule has 158 valence electrons. The average molecular weight is 424 g/mol. The van der Waals surface area contributed by atoms with E-state index < -0.39 is 44.6 Å². The van der Waals surface area contributed by atoms with Gasteiger partial charge >= 0.3 is 5.97 Å². The van der Waals surface area contributed by atoms with Gasteiger partial charge in [0.2, 0.25) is 6.79 Å². The highest BCUT2D eigenvalue weighted by atomic mass is 32.2. The van der Waals surface area contributed by atoms with Gasteiger partial charge in [0.05, 0.1) is 5.75 Å². The Hall–Kier alpha value is -2.42. The number of sulfone groups is 1. The van der Waals surface area contributed by atoms with Crippen LogP contribution in [0.1, 0.15) is 49.5 Å². The summed E-state index contributed by atoms with van der Waals surface area (Å²) >= 11 is 0. The second-order valence-corrected chi connectivity index (χ2v) is 10.5. The molecule has 1 saturated carbocycles. The summed E-state index contributed by atoms with van der Waals surface area (Å²) in [7, 11) is -3.54. The highest BCUT2D eigenvalue weighted by Crippen LogP contribution is 2.40. The first-order valence-corrected chi connectivity index (χ1v) is 11.3. The molecule has 1 atom stereocenters. The van der Waals surface area contributed by atoms with Crippen LogP contribution < -0.4 is 9.47 Å². The maximum absolute atomic E-state index is 13.3. The van der Waals surface area contributed by atoms with Crippen LogP contribution in [-0.2, 0) is 29.9 Å². The molecule has 1 aromatic rings. The van der Waals surface area contributed by atoms with Gasteiger partial charge in [0.1, 0.15) is 5.60 Å². The molecule has 1 aliphatic heterocycles. The fraction of sp³-hybridized carbons (Fsp3) is 0.550. The minimum atomic E-state index is -3.54. The Kier molecular flexibility index (Phi) is 5.46. The largest absolute Gasteiger partial charge is 0.459 e. The molecular weight excluding hydrogens is 400 g/mol. The van der Waals surface area contributed by atoms with Crippen molar-refractivity contribution in [3.8, 4) is 11.5 Å². The minimum absolute atomic E-state index is 0.0514. The number of hydrogen-bond donors (Lipinski definition) is 0. The highest BCUT2D eigenvalue weighted by molar-refractivity contribution is 7.89. The van der Waals surface area contributed by atoms with Gasteiger partial charge in [0, 0.05) is 23.3 Å². The molecule has 0 saturated heterocycles. The first-order chi connectivity index (χ1) is 13.4. The number of carbonyl (C=O) groups is 3. The van der Waals surface area contributed by atoms with Crippen LogP contribution in [0.15, 0.2) is 12.1 Å². The van der Waals surface area contributed by atoms with Crippen LogP contribution in [0.4, 0.5) is 0 Å². The standard InChI is InChI=1S/C20H24O8S/c1-20(2,3)28-19(23)15(16(21)11-5-6-11)17(22)12-7-8-14-18(27-10-26-14)13(12)9-29(4,24)25/h7-8,11,15H,5-6,9-10H2,1-4H3. The van der Waals surface area contributed by atoms with Crippen molar-refractivity contribution >= 4 is 27.4 Å². The molecule has 0 bridgehead atoms. The number of Topliss-reactive ketones (excluding diaryl/α,β-unsaturated/α-hetero) is 2. The number of esters is 1. The van der Waals surface area contributed by atoms with Crippen LogP contribution >= 0.6 is 0 Å². The van der Waals surface area contributed by atoms with Gasteiger partial charge in [-0.05, 0) is 45.7 Å². The molecule has 1 aliphatic carbocycles. The molecule has 1 heterocycles. The van der Waals surface area contributed by atoms with E-state index in [0.717, 1.165) is 6.26 Å². The van der Waals surface area contributed by atoms with Crippen molar-refractivity contribution in [3.05, 3.63) is 23.3 Å². The summed E-state index contributed by atoms with van der Waals surface area (Å²) < 4.78 is 39.9. The smallest absolute Gasteiger partial charge is 0.325 e. The molecule has 2 aliphatic rings. The lowest BCUT2D eigenvalue weighted by Crippen LogP contribution is -2.38. The van der Waals surface area contributed by atoms with E-state index in [1.54, 1.807) is 20.8 Å². The lowest BCUT2D eigenvalue weighted by Gasteiger charge is -2.23. The molecule has 8 nitrogen and oxygen atoms in total. The second kappa shape index (κ2) is 7.44. The third-order valence-electron chi connectivity index (χ3n) is 4.48. The van der Waals surface area contributed by atoms with Crippen molar-refractivity contribution in [1.29, 1.82) is 0 Å². The van der Waals surface area contributed by atoms with E-state index in [1.807, 2.05) is 0 Å². The number of ketones is 2. The van der Waals surface area contributed by atoms with E-state index >= 15 is 0 Å². The Bertz CT molecular complexity index is 967. The Labute approximate surface area is 169 Å². The normalized spacial score (nSPS) is 17.0. The molecule has 1 unspecified atom stereocenters. The monoisotopic (exact) mass is 424 g/mol. The number of carbonyl (C=O) groups excluding carboxylic acids is 3. The van der Waals surface area contributed by atoms with E-state index in [4.69, 9.17) is 14.2 Å². The van der Waals surface area contributed by atoms with Crippen molar-refractivity contribution in [2.24, 2.45) is 11.8 Å². The maximum Gasteiger partial charge on any atom is 0.325 e. The van der Waals surface area contributed by atoms with Crippen molar-refractivity contribution in [2.45, 2.75) is 45.0 Å². The van der Waals surface area contributed by atoms with Crippen LogP contribution in [0.3, 0.4) is 0 Å². The summed E-state index contributed by atoms with van der Waals surface area (Å²) in [5.74, 6) is -4.24. The summed E-state index contributed by atoms with van der Waals surface area (Å²) in [5, 5.41) is 0. The summed E-state index contributed by atoms with van der Waals surface area (Å²) in [5.41, 5.74) is -0.849. The quantitative estimate of drug-likeness (QED) is 0.371. The zero-order valence-electron chi connectivity index (χ0n) is 16.8. The summed E-state index contributed by atoms with van der Waals surface area (Å²) in [6.45, 7) is 4.82. The molecule has 29 heavy (non-hydrogen) atoms. The third-order valence-corrected chi connectivity index (χ3v) is 5.30. The average Bonchev–Trinajstić information content (AvgIpc) is 3.29. The molecule has 0 N–H and O–H groups in total. The molecular formula is C20H24O8S. The van der Waals surface area contributed by atoms with E-state index in [9.17, 15) is 22.8 Å². The predicted molar refractivity (Wildman–Crippen MR) is 103 cm³/mol. The fourth-order valence-corrected chi connectivity index (χ4v) is 3.95. The van der Waals surface area contributed by atoms with E-state index in [-0.39, 0.29) is 29.6 Å². The molecule has 9 heteroatoms. The van der Waals surface area contributed by atoms with Gasteiger partial charge < -0.3 is 14.2 Å². The molecule has 0 spiro atoms. The van der Waals surface area contributed by atoms with Crippen LogP contribution in [0, 0.1) is 11.8 Å². The third kappa shape index (κ3) is 4.95. The molecule has 0 aromatic heterocycles. The first kappa shape index (κ1) is 21.3. The Balaban J connectivity index is 2.05. The van der Waals surface area contributed by atoms with Crippen molar-refractivity contribution in [3.63, 3.8) is 0 Å². The molecule has 1 fully saturated rings. The number of hydrogen-bond acceptors (Lipinski definition) is 8. The van der Waals surface area contributed by atoms with Gasteiger partial charge in [0.25, 0.3) is 0 Å². The van der Waals surface area contributed by atoms with E-state index in [1.165, 1.54) is 12.1 Å². The minimum Gasteiger partial charge on any atom is -0.459 e. The zero-order chi connectivity index (χ0) is 21.6. The molecule has 0 radical (unpaired) electrons. The summed E-state index contributed by atoms with van der Waals surface area (Å²) in [6.07, 6.45) is 2.25. The van der Waals surface area contributed by atoms with Crippen molar-refractivity contribution in [1.82, 2.24) is 0 Å². The Morgan fingerprint density at radius 1 is 1.17 bits per heavy atom. The van der Waals surface area contributed by atoms with Crippen LogP contribution in [0.5, 0.6) is 11.5 Å². The van der Waals surface area contributed by atoms with Crippen LogP contribution in [-0.4, -0.2) is 44.6 Å². The number of ether oxygens (including phenoxy) is 3. The summed E-state index contributed by atoms with van der Waals surface area (Å²) in [6, 6.07) is 2.84. The number of benzene rings is 1. The molecule has 3 rings (SSSR count).